The fourth-order valence-corrected chi connectivity index (χ4v) is 10.3. The number of nitrogens with zero attached hydrogens (tertiary/aromatic N) is 2. The van der Waals surface area contributed by atoms with Crippen molar-refractivity contribution < 1.29 is 62.1 Å². The Morgan fingerprint density at radius 2 is 1.79 bits per heavy atom. The number of terminal acetylenes is 1. The van der Waals surface area contributed by atoms with Gasteiger partial charge in [0.05, 0.1) is 67.5 Å². The SMILES string of the molecule is C#CC[C@H](/C=C/C(C)=C/[C@@H](O)[C@H]1C[C@@H](OC)C[C@@](O)(Cc2nc(/C=C(\C)[C@@H]3O[C@@H]4C/C=C/c5nc(co5)[C@H]5C[C@H](O)C[C@@H](C[C@H]6CC(=C)C[C@H](C/C=C/C(=O)O[C@@H]([C@H]4C)[C@H]3C)O6)O5)co2)O1)OC. The molecule has 4 saturated heterocycles. The summed E-state index contributed by atoms with van der Waals surface area (Å²) in [4.78, 5) is 23.0. The van der Waals surface area contributed by atoms with Gasteiger partial charge in [-0.25, -0.2) is 14.8 Å². The molecule has 5 aliphatic rings. The first-order chi connectivity index (χ1) is 32.6. The van der Waals surface area contributed by atoms with Crippen LogP contribution in [0.25, 0.3) is 12.2 Å². The van der Waals surface area contributed by atoms with Crippen LogP contribution in [-0.4, -0.2) is 118 Å². The number of hydrogen-bond acceptors (Lipinski definition) is 15. The van der Waals surface area contributed by atoms with Crippen LogP contribution in [0.4, 0.5) is 0 Å². The Labute approximate surface area is 400 Å². The molecule has 3 N–H and O–H groups in total. The zero-order chi connectivity index (χ0) is 48.5. The molecule has 2 aromatic rings. The molecule has 0 spiro atoms. The van der Waals surface area contributed by atoms with Gasteiger partial charge in [-0.3, -0.25) is 0 Å². The molecule has 5 aliphatic heterocycles. The van der Waals surface area contributed by atoms with Gasteiger partial charge in [-0.2, -0.15) is 0 Å². The highest BCUT2D eigenvalue weighted by molar-refractivity contribution is 5.82. The summed E-state index contributed by atoms with van der Waals surface area (Å²) in [5.74, 6) is 0.609. The summed E-state index contributed by atoms with van der Waals surface area (Å²) in [6, 6.07) is 0. The molecule has 0 radical (unpaired) electrons. The van der Waals surface area contributed by atoms with Gasteiger partial charge in [0, 0.05) is 64.2 Å². The number of carbonyl (C=O) groups excluding carboxylic acids is 1. The van der Waals surface area contributed by atoms with E-state index in [9.17, 15) is 20.1 Å². The first-order valence-electron chi connectivity index (χ1n) is 24.0. The standard InChI is InChI=1S/C53H70N2O13/c1-9-12-38(60-7)18-17-31(2)21-44(57)47-26-42(61-8)27-53(59,68-47)28-49-54-36(29-62-49)22-33(4)51-35(6)52-34(5)45(66-51)14-11-15-48-55-43(30-63-48)46-24-37(56)23-41(65-46)25-40-20-32(3)19-39(64-40)13-10-16-50(58)67-52/h1,10-11,15-18,21-22,29-30,34-35,37-42,44-47,51-52,56-57,59H,3,12-14,19-20,23-28H2,2,4-8H3/b15-11+,16-10+,18-17+,31-21+,33-22+/t34-,35-,37+,38+,39-,40+,41-,42+,44+,45+,46+,47+,51-,52-,53-/m0/s1. The van der Waals surface area contributed by atoms with Crippen molar-refractivity contribution >= 4 is 18.1 Å². The van der Waals surface area contributed by atoms with Crippen molar-refractivity contribution in [2.24, 2.45) is 11.8 Å². The third kappa shape index (κ3) is 13.6. The van der Waals surface area contributed by atoms with Crippen LogP contribution in [0.1, 0.15) is 121 Å². The summed E-state index contributed by atoms with van der Waals surface area (Å²) in [5, 5.41) is 33.8. The number of aromatic nitrogens is 2. The molecular formula is C53H70N2O13. The van der Waals surface area contributed by atoms with Crippen molar-refractivity contribution in [2.75, 3.05) is 14.2 Å². The Bertz CT molecular complexity index is 2220. The van der Waals surface area contributed by atoms with Gasteiger partial charge in [0.2, 0.25) is 5.89 Å². The van der Waals surface area contributed by atoms with E-state index in [1.807, 2.05) is 58.1 Å². The van der Waals surface area contributed by atoms with Crippen LogP contribution >= 0.6 is 0 Å². The molecule has 15 nitrogen and oxygen atoms in total. The Balaban J connectivity index is 1.07. The van der Waals surface area contributed by atoms with Crippen molar-refractivity contribution in [2.45, 2.75) is 177 Å². The number of aliphatic hydroxyl groups is 3. The van der Waals surface area contributed by atoms with Gasteiger partial charge in [0.15, 0.2) is 11.7 Å². The lowest BCUT2D eigenvalue weighted by atomic mass is 9.79. The molecule has 0 amide bonds. The summed E-state index contributed by atoms with van der Waals surface area (Å²) in [6.07, 6.45) is 22.3. The van der Waals surface area contributed by atoms with E-state index >= 15 is 0 Å². The molecule has 0 aliphatic carbocycles. The van der Waals surface area contributed by atoms with Crippen LogP contribution in [0, 0.1) is 24.2 Å². The van der Waals surface area contributed by atoms with E-state index in [-0.39, 0.29) is 61.1 Å². The average molecular weight is 943 g/mol. The van der Waals surface area contributed by atoms with Gasteiger partial charge in [0.25, 0.3) is 0 Å². The van der Waals surface area contributed by atoms with E-state index in [4.69, 9.17) is 58.4 Å². The lowest BCUT2D eigenvalue weighted by Gasteiger charge is -2.44. The van der Waals surface area contributed by atoms with Crippen molar-refractivity contribution in [1.82, 2.24) is 9.97 Å². The number of carbonyl (C=O) groups is 1. The summed E-state index contributed by atoms with van der Waals surface area (Å²) in [5.41, 5.74) is 3.81. The largest absolute Gasteiger partial charge is 0.458 e. The zero-order valence-electron chi connectivity index (χ0n) is 40.2. The van der Waals surface area contributed by atoms with Crippen LogP contribution < -0.4 is 0 Å². The lowest BCUT2D eigenvalue weighted by Crippen LogP contribution is -2.51. The predicted octanol–water partition coefficient (Wildman–Crippen LogP) is 7.48. The monoisotopic (exact) mass is 942 g/mol. The summed E-state index contributed by atoms with van der Waals surface area (Å²) < 4.78 is 55.0. The Morgan fingerprint density at radius 3 is 2.57 bits per heavy atom. The first kappa shape index (κ1) is 51.4. The van der Waals surface area contributed by atoms with Gasteiger partial charge < -0.3 is 57.3 Å². The van der Waals surface area contributed by atoms with Gasteiger partial charge >= 0.3 is 5.97 Å². The number of allylic oxidation sites excluding steroid dienone is 2. The Hall–Kier alpha value is -4.47. The minimum atomic E-state index is -1.74. The maximum Gasteiger partial charge on any atom is 0.330 e. The molecule has 370 valence electrons. The first-order valence-corrected chi connectivity index (χ1v) is 24.0. The van der Waals surface area contributed by atoms with Crippen molar-refractivity contribution in [3.8, 4) is 12.3 Å². The minimum absolute atomic E-state index is 0.0919. The topological polar surface area (TPSA) is 194 Å². The van der Waals surface area contributed by atoms with E-state index in [0.717, 1.165) is 16.7 Å². The van der Waals surface area contributed by atoms with Crippen LogP contribution in [0.3, 0.4) is 0 Å². The van der Waals surface area contributed by atoms with E-state index in [0.29, 0.717) is 75.1 Å². The Kier molecular flexibility index (Phi) is 17.7. The van der Waals surface area contributed by atoms with Crippen LogP contribution in [-0.2, 0) is 44.4 Å². The molecule has 68 heavy (non-hydrogen) atoms. The smallest absolute Gasteiger partial charge is 0.330 e. The molecule has 2 aromatic heterocycles. The number of ether oxygens (including phenoxy) is 7. The second-order valence-electron chi connectivity index (χ2n) is 19.3. The maximum atomic E-state index is 13.5. The van der Waals surface area contributed by atoms with Crippen molar-refractivity contribution in [3.63, 3.8) is 0 Å². The van der Waals surface area contributed by atoms with Gasteiger partial charge in [-0.15, -0.1) is 12.3 Å². The third-order valence-corrected chi connectivity index (χ3v) is 13.7. The van der Waals surface area contributed by atoms with Crippen LogP contribution in [0.5, 0.6) is 0 Å². The number of rotatable bonds is 11. The second-order valence-corrected chi connectivity index (χ2v) is 19.3. The van der Waals surface area contributed by atoms with Gasteiger partial charge in [-0.05, 0) is 63.7 Å². The molecule has 0 aromatic carbocycles. The quantitative estimate of drug-likeness (QED) is 0.0868. The Morgan fingerprint density at radius 1 is 1.00 bits per heavy atom. The fourth-order valence-electron chi connectivity index (χ4n) is 10.3. The summed E-state index contributed by atoms with van der Waals surface area (Å²) >= 11 is 0. The number of oxazole rings is 2. The molecule has 7 rings (SSSR count). The number of aliphatic hydroxyl groups excluding tert-OH is 2. The van der Waals surface area contributed by atoms with Crippen LogP contribution in [0.2, 0.25) is 0 Å². The van der Waals surface area contributed by atoms with Crippen molar-refractivity contribution in [1.29, 1.82) is 0 Å². The zero-order valence-corrected chi connectivity index (χ0v) is 40.2. The van der Waals surface area contributed by atoms with Crippen molar-refractivity contribution in [3.05, 3.63) is 95.4 Å². The van der Waals surface area contributed by atoms with Gasteiger partial charge in [0.1, 0.15) is 36.1 Å². The molecule has 4 fully saturated rings. The van der Waals surface area contributed by atoms with E-state index in [2.05, 4.69) is 12.5 Å². The molecule has 8 bridgehead atoms. The molecule has 0 unspecified atom stereocenters. The molecule has 7 heterocycles. The number of methoxy groups -OCH3 is 2. The van der Waals surface area contributed by atoms with Gasteiger partial charge in [-0.1, -0.05) is 62.0 Å². The molecule has 15 atom stereocenters. The molecular weight excluding hydrogens is 873 g/mol. The van der Waals surface area contributed by atoms with E-state index < -0.39 is 54.5 Å². The highest BCUT2D eigenvalue weighted by atomic mass is 16.6. The highest BCUT2D eigenvalue weighted by Crippen LogP contribution is 2.40. The summed E-state index contributed by atoms with van der Waals surface area (Å²) in [7, 11) is 3.15. The van der Waals surface area contributed by atoms with Crippen LogP contribution in [0.15, 0.2) is 81.1 Å². The van der Waals surface area contributed by atoms with E-state index in [1.165, 1.54) is 12.3 Å². The normalized spacial score (nSPS) is 36.2. The average Bonchev–Trinajstić information content (AvgIpc) is 3.95. The van der Waals surface area contributed by atoms with E-state index in [1.54, 1.807) is 32.6 Å². The number of fused-ring (bicyclic) bond motifs is 9. The number of esters is 1. The fraction of sp³-hybridized carbons (Fsp3) is 0.604. The lowest BCUT2D eigenvalue weighted by molar-refractivity contribution is -0.286. The molecule has 15 heteroatoms. The highest BCUT2D eigenvalue weighted by Gasteiger charge is 2.45. The molecule has 0 saturated carbocycles. The summed E-state index contributed by atoms with van der Waals surface area (Å²) in [6.45, 7) is 12.1. The number of hydrogen-bond donors (Lipinski definition) is 3. The third-order valence-electron chi connectivity index (χ3n) is 13.7. The second kappa shape index (κ2) is 23.4. The minimum Gasteiger partial charge on any atom is -0.458 e. The predicted molar refractivity (Wildman–Crippen MR) is 252 cm³/mol. The maximum absolute atomic E-state index is 13.5.